The predicted molar refractivity (Wildman–Crippen MR) is 64.6 cm³/mol. The van der Waals surface area contributed by atoms with Crippen LogP contribution in [0.5, 0.6) is 0 Å². The molecular formula is C12H13BO3. The third kappa shape index (κ3) is 2.09. The fourth-order valence-electron chi connectivity index (χ4n) is 1.89. The van der Waals surface area contributed by atoms with E-state index in [0.717, 1.165) is 16.3 Å². The highest BCUT2D eigenvalue weighted by atomic mass is 16.4. The van der Waals surface area contributed by atoms with Gasteiger partial charge in [-0.2, -0.15) is 0 Å². The maximum Gasteiger partial charge on any atom is 0.489 e. The van der Waals surface area contributed by atoms with Crippen LogP contribution in [0.15, 0.2) is 36.4 Å². The predicted octanol–water partition coefficient (Wildman–Crippen LogP) is 0.0544. The summed E-state index contributed by atoms with van der Waals surface area (Å²) in [7, 11) is -1.48. The van der Waals surface area contributed by atoms with E-state index in [0.29, 0.717) is 11.9 Å². The van der Waals surface area contributed by atoms with Gasteiger partial charge < -0.3 is 15.2 Å². The second kappa shape index (κ2) is 4.66. The highest BCUT2D eigenvalue weighted by Gasteiger charge is 2.15. The second-order valence-electron chi connectivity index (χ2n) is 3.75. The fraction of sp³-hybridized carbons (Fsp3) is 0.167. The minimum atomic E-state index is -1.48. The first-order valence-electron chi connectivity index (χ1n) is 5.21. The normalized spacial score (nSPS) is 10.7. The third-order valence-electron chi connectivity index (χ3n) is 2.63. The van der Waals surface area contributed by atoms with Gasteiger partial charge in [-0.15, -0.1) is 0 Å². The molecule has 3 nitrogen and oxygen atoms in total. The summed E-state index contributed by atoms with van der Waals surface area (Å²) in [6.07, 6.45) is 0.518. The lowest BCUT2D eigenvalue weighted by atomic mass is 9.76. The van der Waals surface area contributed by atoms with Gasteiger partial charge in [0.1, 0.15) is 0 Å². The molecule has 0 saturated heterocycles. The van der Waals surface area contributed by atoms with Crippen molar-refractivity contribution >= 4 is 23.4 Å². The van der Waals surface area contributed by atoms with Gasteiger partial charge in [0, 0.05) is 6.61 Å². The van der Waals surface area contributed by atoms with Gasteiger partial charge in [0.05, 0.1) is 0 Å². The lowest BCUT2D eigenvalue weighted by Gasteiger charge is -2.08. The molecule has 0 bridgehead atoms. The van der Waals surface area contributed by atoms with Gasteiger partial charge in [-0.1, -0.05) is 36.4 Å². The molecule has 2 aromatic rings. The Hall–Kier alpha value is -1.36. The Balaban J connectivity index is 2.64. The Morgan fingerprint density at radius 1 is 1.06 bits per heavy atom. The summed E-state index contributed by atoms with van der Waals surface area (Å²) in [6, 6.07) is 11.2. The Morgan fingerprint density at radius 3 is 2.50 bits per heavy atom. The van der Waals surface area contributed by atoms with Crippen molar-refractivity contribution in [1.82, 2.24) is 0 Å². The number of benzene rings is 2. The van der Waals surface area contributed by atoms with Crippen molar-refractivity contribution in [3.8, 4) is 0 Å². The van der Waals surface area contributed by atoms with E-state index in [2.05, 4.69) is 0 Å². The van der Waals surface area contributed by atoms with Crippen LogP contribution in [0, 0.1) is 0 Å². The molecule has 0 saturated carbocycles. The van der Waals surface area contributed by atoms with E-state index in [4.69, 9.17) is 5.11 Å². The van der Waals surface area contributed by atoms with Crippen molar-refractivity contribution in [2.75, 3.05) is 6.61 Å². The molecule has 0 radical (unpaired) electrons. The molecule has 0 amide bonds. The summed E-state index contributed by atoms with van der Waals surface area (Å²) < 4.78 is 0. The summed E-state index contributed by atoms with van der Waals surface area (Å²) in [6.45, 7) is 0.0549. The van der Waals surface area contributed by atoms with E-state index in [1.54, 1.807) is 6.07 Å². The molecule has 2 aromatic carbocycles. The minimum Gasteiger partial charge on any atom is -0.423 e. The smallest absolute Gasteiger partial charge is 0.423 e. The van der Waals surface area contributed by atoms with Gasteiger partial charge in [0.2, 0.25) is 0 Å². The van der Waals surface area contributed by atoms with Gasteiger partial charge in [-0.3, -0.25) is 0 Å². The molecule has 16 heavy (non-hydrogen) atoms. The maximum absolute atomic E-state index is 9.31. The first-order valence-corrected chi connectivity index (χ1v) is 5.21. The van der Waals surface area contributed by atoms with Crippen LogP contribution in [-0.2, 0) is 6.42 Å². The van der Waals surface area contributed by atoms with Crippen LogP contribution in [0.4, 0.5) is 0 Å². The highest BCUT2D eigenvalue weighted by molar-refractivity contribution is 6.62. The molecule has 0 heterocycles. The average molecular weight is 216 g/mol. The summed E-state index contributed by atoms with van der Waals surface area (Å²) >= 11 is 0. The summed E-state index contributed by atoms with van der Waals surface area (Å²) in [5.74, 6) is 0. The zero-order valence-electron chi connectivity index (χ0n) is 8.80. The van der Waals surface area contributed by atoms with Crippen LogP contribution in [0.2, 0.25) is 0 Å². The summed E-state index contributed by atoms with van der Waals surface area (Å²) in [4.78, 5) is 0. The minimum absolute atomic E-state index is 0.0549. The Kier molecular flexibility index (Phi) is 3.24. The first-order chi connectivity index (χ1) is 7.72. The molecule has 82 valence electrons. The van der Waals surface area contributed by atoms with Crippen LogP contribution in [-0.4, -0.2) is 28.9 Å². The van der Waals surface area contributed by atoms with Crippen molar-refractivity contribution in [1.29, 1.82) is 0 Å². The second-order valence-corrected chi connectivity index (χ2v) is 3.75. The molecular weight excluding hydrogens is 203 g/mol. The molecule has 0 aliphatic carbocycles. The van der Waals surface area contributed by atoms with E-state index < -0.39 is 7.12 Å². The van der Waals surface area contributed by atoms with Crippen LogP contribution >= 0.6 is 0 Å². The number of aliphatic hydroxyl groups excluding tert-OH is 1. The largest absolute Gasteiger partial charge is 0.489 e. The van der Waals surface area contributed by atoms with Gasteiger partial charge in [0.25, 0.3) is 0 Å². The van der Waals surface area contributed by atoms with Gasteiger partial charge in [-0.05, 0) is 28.2 Å². The van der Waals surface area contributed by atoms with E-state index in [9.17, 15) is 10.0 Å². The van der Waals surface area contributed by atoms with Crippen molar-refractivity contribution in [2.24, 2.45) is 0 Å². The van der Waals surface area contributed by atoms with Crippen LogP contribution in [0.1, 0.15) is 5.56 Å². The number of aliphatic hydroxyl groups is 1. The third-order valence-corrected chi connectivity index (χ3v) is 2.63. The van der Waals surface area contributed by atoms with E-state index >= 15 is 0 Å². The van der Waals surface area contributed by atoms with Crippen LogP contribution in [0.3, 0.4) is 0 Å². The van der Waals surface area contributed by atoms with E-state index in [-0.39, 0.29) is 6.61 Å². The van der Waals surface area contributed by atoms with Crippen molar-refractivity contribution in [3.63, 3.8) is 0 Å². The molecule has 0 unspecified atom stereocenters. The summed E-state index contributed by atoms with van der Waals surface area (Å²) in [5.41, 5.74) is 1.39. The molecule has 3 N–H and O–H groups in total. The number of hydrogen-bond donors (Lipinski definition) is 3. The van der Waals surface area contributed by atoms with Crippen molar-refractivity contribution < 1.29 is 15.2 Å². The monoisotopic (exact) mass is 216 g/mol. The van der Waals surface area contributed by atoms with Crippen molar-refractivity contribution in [3.05, 3.63) is 42.0 Å². The van der Waals surface area contributed by atoms with E-state index in [1.165, 1.54) is 0 Å². The molecule has 4 heteroatoms. The van der Waals surface area contributed by atoms with Gasteiger partial charge in [0.15, 0.2) is 0 Å². The number of rotatable bonds is 3. The fourth-order valence-corrected chi connectivity index (χ4v) is 1.89. The Morgan fingerprint density at radius 2 is 1.81 bits per heavy atom. The highest BCUT2D eigenvalue weighted by Crippen LogP contribution is 2.14. The Bertz CT molecular complexity index is 497. The lowest BCUT2D eigenvalue weighted by molar-refractivity contribution is 0.299. The molecule has 0 spiro atoms. The molecule has 0 aromatic heterocycles. The molecule has 0 atom stereocenters. The van der Waals surface area contributed by atoms with E-state index in [1.807, 2.05) is 30.3 Å². The maximum atomic E-state index is 9.31. The zero-order valence-corrected chi connectivity index (χ0v) is 8.80. The SMILES string of the molecule is OCCc1cc(B(O)O)c2ccccc2c1. The molecule has 2 rings (SSSR count). The Labute approximate surface area is 94.1 Å². The first kappa shape index (κ1) is 11.1. The lowest BCUT2D eigenvalue weighted by Crippen LogP contribution is -2.31. The molecule has 0 aliphatic heterocycles. The van der Waals surface area contributed by atoms with Crippen LogP contribution in [0.25, 0.3) is 10.8 Å². The van der Waals surface area contributed by atoms with Crippen LogP contribution < -0.4 is 5.46 Å². The topological polar surface area (TPSA) is 60.7 Å². The molecule has 0 aliphatic rings. The standard InChI is InChI=1S/C12H13BO3/c14-6-5-9-7-10-3-1-2-4-11(10)12(8-9)13(15)16/h1-4,7-8,14-16H,5-6H2. The quantitative estimate of drug-likeness (QED) is 0.635. The van der Waals surface area contributed by atoms with Crippen molar-refractivity contribution in [2.45, 2.75) is 6.42 Å². The average Bonchev–Trinajstić information content (AvgIpc) is 2.28. The van der Waals surface area contributed by atoms with Gasteiger partial charge in [-0.25, -0.2) is 0 Å². The summed E-state index contributed by atoms with van der Waals surface area (Å²) in [5, 5.41) is 29.3. The molecule has 0 fully saturated rings. The zero-order chi connectivity index (χ0) is 11.5. The van der Waals surface area contributed by atoms with Gasteiger partial charge >= 0.3 is 7.12 Å². The number of hydrogen-bond acceptors (Lipinski definition) is 3. The number of fused-ring (bicyclic) bond motifs is 1.